The van der Waals surface area contributed by atoms with Crippen molar-refractivity contribution >= 4 is 0 Å². The van der Waals surface area contributed by atoms with E-state index in [0.717, 1.165) is 44.8 Å². The summed E-state index contributed by atoms with van der Waals surface area (Å²) < 4.78 is 11.6. The van der Waals surface area contributed by atoms with Gasteiger partial charge in [0, 0.05) is 19.6 Å². The van der Waals surface area contributed by atoms with Gasteiger partial charge in [-0.3, -0.25) is 4.90 Å². The van der Waals surface area contributed by atoms with E-state index in [1.54, 1.807) is 0 Å². The Morgan fingerprint density at radius 3 is 2.17 bits per heavy atom. The van der Waals surface area contributed by atoms with Gasteiger partial charge >= 0.3 is 0 Å². The van der Waals surface area contributed by atoms with Gasteiger partial charge in [-0.1, -0.05) is 38.0 Å². The van der Waals surface area contributed by atoms with Crippen LogP contribution in [0.15, 0.2) is 24.3 Å². The van der Waals surface area contributed by atoms with E-state index in [1.165, 1.54) is 12.0 Å². The summed E-state index contributed by atoms with van der Waals surface area (Å²) in [6, 6.07) is 8.25. The first-order chi connectivity index (χ1) is 11.0. The van der Waals surface area contributed by atoms with Crippen molar-refractivity contribution in [2.24, 2.45) is 0 Å². The van der Waals surface area contributed by atoms with Crippen LogP contribution in [0.5, 0.6) is 5.75 Å². The fourth-order valence-electron chi connectivity index (χ4n) is 2.58. The molecular weight excluding hydrogens is 286 g/mol. The fourth-order valence-corrected chi connectivity index (χ4v) is 2.58. The highest BCUT2D eigenvalue weighted by Gasteiger charge is 2.20. The van der Waals surface area contributed by atoms with E-state index < -0.39 is 0 Å². The van der Waals surface area contributed by atoms with E-state index in [1.807, 2.05) is 12.1 Å². The van der Waals surface area contributed by atoms with Crippen molar-refractivity contribution < 1.29 is 9.47 Å². The lowest BCUT2D eigenvalue weighted by molar-refractivity contribution is -0.0279. The maximum absolute atomic E-state index is 5.87. The average Bonchev–Trinajstić information content (AvgIpc) is 2.51. The smallest absolute Gasteiger partial charge is 0.119 e. The van der Waals surface area contributed by atoms with Gasteiger partial charge < -0.3 is 9.47 Å². The van der Waals surface area contributed by atoms with Gasteiger partial charge in [-0.2, -0.15) is 0 Å². The van der Waals surface area contributed by atoms with Gasteiger partial charge in [-0.25, -0.2) is 0 Å². The summed E-state index contributed by atoms with van der Waals surface area (Å²) in [4.78, 5) is 2.47. The van der Waals surface area contributed by atoms with Crippen LogP contribution in [0.3, 0.4) is 0 Å². The predicted molar refractivity (Wildman–Crippen MR) is 98.3 cm³/mol. The van der Waals surface area contributed by atoms with Gasteiger partial charge in [-0.15, -0.1) is 0 Å². The molecule has 3 nitrogen and oxygen atoms in total. The van der Waals surface area contributed by atoms with Crippen LogP contribution in [0.2, 0.25) is 0 Å². The van der Waals surface area contributed by atoms with Crippen LogP contribution in [0.25, 0.3) is 0 Å². The Morgan fingerprint density at radius 1 is 1.09 bits per heavy atom. The second-order valence-electron chi connectivity index (χ2n) is 6.59. The Balaban J connectivity index is 0.000000816. The molecular formula is C20H35NO2. The Hall–Kier alpha value is -1.06. The molecule has 1 aromatic carbocycles. The number of piperidine rings is 1. The Kier molecular flexibility index (Phi) is 9.97. The van der Waals surface area contributed by atoms with Gasteiger partial charge in [0.1, 0.15) is 12.4 Å². The number of rotatable bonds is 6. The molecule has 1 aliphatic heterocycles. The van der Waals surface area contributed by atoms with E-state index >= 15 is 0 Å². The van der Waals surface area contributed by atoms with E-state index in [-0.39, 0.29) is 0 Å². The maximum Gasteiger partial charge on any atom is 0.119 e. The third kappa shape index (κ3) is 8.97. The third-order valence-electron chi connectivity index (χ3n) is 3.70. The van der Waals surface area contributed by atoms with Crippen molar-refractivity contribution in [2.45, 2.75) is 66.1 Å². The molecule has 1 aliphatic rings. The Bertz CT molecular complexity index is 395. The zero-order valence-electron chi connectivity index (χ0n) is 15.7. The first-order valence-corrected chi connectivity index (χ1v) is 9.12. The third-order valence-corrected chi connectivity index (χ3v) is 3.70. The fraction of sp³-hybridized carbons (Fsp3) is 0.700. The van der Waals surface area contributed by atoms with E-state index in [4.69, 9.17) is 9.47 Å². The van der Waals surface area contributed by atoms with Gasteiger partial charge in [0.05, 0.1) is 12.2 Å². The molecule has 0 radical (unpaired) electrons. The lowest BCUT2D eigenvalue weighted by Crippen LogP contribution is -2.39. The van der Waals surface area contributed by atoms with Gasteiger partial charge in [0.15, 0.2) is 0 Å². The van der Waals surface area contributed by atoms with Crippen LogP contribution < -0.4 is 4.74 Å². The molecule has 0 saturated carbocycles. The number of hydrogen-bond acceptors (Lipinski definition) is 3. The molecule has 1 fully saturated rings. The van der Waals surface area contributed by atoms with Crippen molar-refractivity contribution in [1.29, 1.82) is 0 Å². The summed E-state index contributed by atoms with van der Waals surface area (Å²) >= 11 is 0. The molecule has 0 amide bonds. The molecule has 3 heteroatoms. The highest BCUT2D eigenvalue weighted by Crippen LogP contribution is 2.16. The second-order valence-corrected chi connectivity index (χ2v) is 6.59. The molecule has 1 heterocycles. The lowest BCUT2D eigenvalue weighted by Gasteiger charge is -2.32. The summed E-state index contributed by atoms with van der Waals surface area (Å²) in [6.45, 7) is 14.6. The molecule has 0 atom stereocenters. The van der Waals surface area contributed by atoms with Crippen molar-refractivity contribution in [2.75, 3.05) is 26.2 Å². The van der Waals surface area contributed by atoms with Crippen molar-refractivity contribution in [3.05, 3.63) is 29.8 Å². The van der Waals surface area contributed by atoms with E-state index in [0.29, 0.717) is 12.2 Å². The lowest BCUT2D eigenvalue weighted by atomic mass is 10.1. The number of benzene rings is 1. The largest absolute Gasteiger partial charge is 0.492 e. The minimum absolute atomic E-state index is 0.344. The highest BCUT2D eigenvalue weighted by atomic mass is 16.5. The molecule has 0 aliphatic carbocycles. The minimum Gasteiger partial charge on any atom is -0.492 e. The molecule has 0 unspecified atom stereocenters. The summed E-state index contributed by atoms with van der Waals surface area (Å²) in [7, 11) is 0. The van der Waals surface area contributed by atoms with Crippen molar-refractivity contribution in [3.63, 3.8) is 0 Å². The summed E-state index contributed by atoms with van der Waals surface area (Å²) in [5, 5.41) is 0. The number of likely N-dealkylation sites (tertiary alicyclic amines) is 1. The molecule has 0 bridgehead atoms. The summed E-state index contributed by atoms with van der Waals surface area (Å²) in [5.41, 5.74) is 1.27. The highest BCUT2D eigenvalue weighted by molar-refractivity contribution is 5.26. The number of aryl methyl sites for hydroxylation is 1. The van der Waals surface area contributed by atoms with Crippen molar-refractivity contribution in [3.8, 4) is 5.75 Å². The molecule has 0 aromatic heterocycles. The van der Waals surface area contributed by atoms with E-state index in [9.17, 15) is 0 Å². The molecule has 2 rings (SSSR count). The predicted octanol–water partition coefficient (Wildman–Crippen LogP) is 4.68. The maximum atomic E-state index is 5.87. The first-order valence-electron chi connectivity index (χ1n) is 9.12. The van der Waals surface area contributed by atoms with Crippen LogP contribution >= 0.6 is 0 Å². The van der Waals surface area contributed by atoms with Gasteiger partial charge in [-0.05, 0) is 45.7 Å². The SMILES string of the molecule is CCC.Cc1ccc(OCCN2CCC(OC(C)C)CC2)cc1. The topological polar surface area (TPSA) is 21.7 Å². The molecule has 0 spiro atoms. The first kappa shape index (κ1) is 20.0. The zero-order valence-corrected chi connectivity index (χ0v) is 15.7. The summed E-state index contributed by atoms with van der Waals surface area (Å²) in [5.74, 6) is 0.966. The normalized spacial score (nSPS) is 16.1. The monoisotopic (exact) mass is 321 g/mol. The molecule has 1 aromatic rings. The van der Waals surface area contributed by atoms with Crippen LogP contribution in [-0.4, -0.2) is 43.3 Å². The Labute approximate surface area is 143 Å². The van der Waals surface area contributed by atoms with Gasteiger partial charge in [0.25, 0.3) is 0 Å². The quantitative estimate of drug-likeness (QED) is 0.759. The van der Waals surface area contributed by atoms with Crippen LogP contribution in [0.1, 0.15) is 52.5 Å². The second kappa shape index (κ2) is 11.5. The standard InChI is InChI=1S/C17H27NO2.C3H8/c1-14(2)20-17-8-10-18(11-9-17)12-13-19-16-6-4-15(3)5-7-16;1-3-2/h4-7,14,17H,8-13H2,1-3H3;3H2,1-2H3. The Morgan fingerprint density at radius 2 is 1.65 bits per heavy atom. The van der Waals surface area contributed by atoms with Crippen LogP contribution in [-0.2, 0) is 4.74 Å². The minimum atomic E-state index is 0.344. The average molecular weight is 322 g/mol. The molecule has 1 saturated heterocycles. The van der Waals surface area contributed by atoms with E-state index in [2.05, 4.69) is 51.7 Å². The molecule has 0 N–H and O–H groups in total. The zero-order chi connectivity index (χ0) is 17.1. The number of ether oxygens (including phenoxy) is 2. The van der Waals surface area contributed by atoms with Gasteiger partial charge in [0.2, 0.25) is 0 Å². The molecule has 23 heavy (non-hydrogen) atoms. The van der Waals surface area contributed by atoms with Crippen LogP contribution in [0, 0.1) is 6.92 Å². The van der Waals surface area contributed by atoms with Crippen LogP contribution in [0.4, 0.5) is 0 Å². The van der Waals surface area contributed by atoms with Crippen molar-refractivity contribution in [1.82, 2.24) is 4.90 Å². The summed E-state index contributed by atoms with van der Waals surface area (Å²) in [6.07, 6.45) is 4.33. The number of hydrogen-bond donors (Lipinski definition) is 0. The molecule has 132 valence electrons. The number of nitrogens with zero attached hydrogens (tertiary/aromatic N) is 1.